The molecule has 1 aromatic carbocycles. The summed E-state index contributed by atoms with van der Waals surface area (Å²) >= 11 is 6.91. The van der Waals surface area contributed by atoms with Crippen LogP contribution in [0.3, 0.4) is 0 Å². The molecule has 0 aliphatic carbocycles. The molecular weight excluding hydrogens is 356 g/mol. The second-order valence-corrected chi connectivity index (χ2v) is 5.85. The molecule has 0 atom stereocenters. The van der Waals surface area contributed by atoms with E-state index in [1.54, 1.807) is 12.1 Å². The predicted molar refractivity (Wildman–Crippen MR) is 87.1 cm³/mol. The first kappa shape index (κ1) is 18.2. The van der Waals surface area contributed by atoms with Gasteiger partial charge in [-0.05, 0) is 35.5 Å². The Kier molecular flexibility index (Phi) is 6.10. The van der Waals surface area contributed by atoms with E-state index >= 15 is 0 Å². The van der Waals surface area contributed by atoms with Gasteiger partial charge in [0.2, 0.25) is 5.89 Å². The van der Waals surface area contributed by atoms with Crippen LogP contribution in [0, 0.1) is 0 Å². The highest BCUT2D eigenvalue weighted by molar-refractivity contribution is 8.03. The third-order valence-corrected chi connectivity index (χ3v) is 4.03. The number of carboxylic acid groups (broad SMARTS) is 1. The molecular formula is C15H14ClN2O5S-. The number of benzene rings is 1. The molecule has 0 radical (unpaired) electrons. The van der Waals surface area contributed by atoms with Gasteiger partial charge in [-0.15, -0.1) is 10.2 Å². The molecule has 1 heterocycles. The largest absolute Gasteiger partial charge is 0.544 e. The Balaban J connectivity index is 2.37. The number of carbonyl (C=O) groups excluding carboxylic acids is 1. The first-order valence-corrected chi connectivity index (χ1v) is 8.02. The number of methoxy groups -OCH3 is 2. The lowest BCUT2D eigenvalue weighted by Gasteiger charge is -2.11. The number of carbonyl (C=O) groups is 1. The van der Waals surface area contributed by atoms with Crippen molar-refractivity contribution in [2.75, 3.05) is 14.2 Å². The Labute approximate surface area is 147 Å². The van der Waals surface area contributed by atoms with Crippen molar-refractivity contribution >= 4 is 35.4 Å². The number of aryl methyl sites for hydroxylation is 1. The van der Waals surface area contributed by atoms with E-state index in [0.717, 1.165) is 11.8 Å². The van der Waals surface area contributed by atoms with Crippen molar-refractivity contribution in [2.45, 2.75) is 18.6 Å². The van der Waals surface area contributed by atoms with Crippen LogP contribution in [-0.2, 0) is 11.2 Å². The molecule has 1 aromatic heterocycles. The van der Waals surface area contributed by atoms with E-state index in [1.165, 1.54) is 20.3 Å². The number of thioether (sulfide) groups is 1. The van der Waals surface area contributed by atoms with E-state index in [4.69, 9.17) is 25.5 Å². The maximum Gasteiger partial charge on any atom is 0.281 e. The Bertz CT molecular complexity index is 775. The standard InChI is InChI=1S/C15H15ClN2O5S/c1-4-12-17-18-15(23-12)24-11(14(19)20)7-8-5-9(16)13(22-3)10(6-8)21-2/h5-7H,4H2,1-3H3,(H,19,20)/p-1/b11-7+. The first-order valence-electron chi connectivity index (χ1n) is 6.83. The fourth-order valence-electron chi connectivity index (χ4n) is 1.82. The Morgan fingerprint density at radius 3 is 2.67 bits per heavy atom. The van der Waals surface area contributed by atoms with Crippen LogP contribution in [0.5, 0.6) is 11.5 Å². The number of ether oxygens (including phenoxy) is 2. The molecule has 0 aliphatic rings. The summed E-state index contributed by atoms with van der Waals surface area (Å²) in [5.41, 5.74) is 0.500. The monoisotopic (exact) mass is 369 g/mol. The number of carboxylic acids is 1. The molecule has 0 saturated carbocycles. The molecule has 24 heavy (non-hydrogen) atoms. The van der Waals surface area contributed by atoms with Crippen LogP contribution >= 0.6 is 23.4 Å². The fourth-order valence-corrected chi connectivity index (χ4v) is 2.80. The third-order valence-electron chi connectivity index (χ3n) is 2.90. The van der Waals surface area contributed by atoms with Gasteiger partial charge in [0.05, 0.1) is 25.2 Å². The third kappa shape index (κ3) is 4.21. The van der Waals surface area contributed by atoms with Crippen molar-refractivity contribution in [2.24, 2.45) is 0 Å². The van der Waals surface area contributed by atoms with Crippen LogP contribution < -0.4 is 14.6 Å². The van der Waals surface area contributed by atoms with Gasteiger partial charge in [-0.3, -0.25) is 0 Å². The summed E-state index contributed by atoms with van der Waals surface area (Å²) in [6.45, 7) is 1.85. The summed E-state index contributed by atoms with van der Waals surface area (Å²) in [5, 5.41) is 19.3. The molecule has 0 spiro atoms. The van der Waals surface area contributed by atoms with Crippen molar-refractivity contribution in [3.05, 3.63) is 33.5 Å². The van der Waals surface area contributed by atoms with Gasteiger partial charge in [0.15, 0.2) is 11.5 Å². The fraction of sp³-hybridized carbons (Fsp3) is 0.267. The lowest BCUT2D eigenvalue weighted by molar-refractivity contribution is -0.298. The van der Waals surface area contributed by atoms with Gasteiger partial charge in [-0.1, -0.05) is 18.5 Å². The number of nitrogens with zero attached hydrogens (tertiary/aromatic N) is 2. The van der Waals surface area contributed by atoms with E-state index in [0.29, 0.717) is 29.4 Å². The van der Waals surface area contributed by atoms with Gasteiger partial charge in [0.1, 0.15) is 0 Å². The summed E-state index contributed by atoms with van der Waals surface area (Å²) in [5.74, 6) is -0.208. The van der Waals surface area contributed by atoms with Crippen LogP contribution in [-0.4, -0.2) is 30.4 Å². The molecule has 0 saturated heterocycles. The second-order valence-electron chi connectivity index (χ2n) is 4.45. The molecule has 2 aromatic rings. The van der Waals surface area contributed by atoms with Crippen LogP contribution in [0.2, 0.25) is 5.02 Å². The minimum absolute atomic E-state index is 0.107. The Morgan fingerprint density at radius 2 is 2.12 bits per heavy atom. The highest BCUT2D eigenvalue weighted by Crippen LogP contribution is 2.37. The maximum atomic E-state index is 11.4. The second kappa shape index (κ2) is 8.07. The Morgan fingerprint density at radius 1 is 1.38 bits per heavy atom. The molecule has 7 nitrogen and oxygen atoms in total. The summed E-state index contributed by atoms with van der Waals surface area (Å²) in [6, 6.07) is 3.15. The number of hydrogen-bond donors (Lipinski definition) is 0. The molecule has 128 valence electrons. The maximum absolute atomic E-state index is 11.4. The van der Waals surface area contributed by atoms with E-state index in [2.05, 4.69) is 10.2 Å². The van der Waals surface area contributed by atoms with Crippen molar-refractivity contribution in [1.29, 1.82) is 0 Å². The van der Waals surface area contributed by atoms with Gasteiger partial charge in [-0.25, -0.2) is 0 Å². The number of aromatic nitrogens is 2. The lowest BCUT2D eigenvalue weighted by Crippen LogP contribution is -2.23. The molecule has 0 bridgehead atoms. The van der Waals surface area contributed by atoms with Gasteiger partial charge in [0, 0.05) is 11.3 Å². The quantitative estimate of drug-likeness (QED) is 0.541. The van der Waals surface area contributed by atoms with Gasteiger partial charge in [-0.2, -0.15) is 0 Å². The summed E-state index contributed by atoms with van der Waals surface area (Å²) in [7, 11) is 2.92. The zero-order valence-corrected chi connectivity index (χ0v) is 14.7. The van der Waals surface area contributed by atoms with E-state index < -0.39 is 5.97 Å². The average Bonchev–Trinajstić information content (AvgIpc) is 3.01. The molecule has 0 N–H and O–H groups in total. The minimum atomic E-state index is -1.37. The summed E-state index contributed by atoms with van der Waals surface area (Å²) in [4.78, 5) is 11.3. The van der Waals surface area contributed by atoms with Crippen LogP contribution in [0.15, 0.2) is 26.7 Å². The van der Waals surface area contributed by atoms with Gasteiger partial charge < -0.3 is 23.8 Å². The van der Waals surface area contributed by atoms with E-state index in [-0.39, 0.29) is 15.2 Å². The summed E-state index contributed by atoms with van der Waals surface area (Å²) in [6.07, 6.45) is 1.94. The lowest BCUT2D eigenvalue weighted by atomic mass is 10.2. The zero-order chi connectivity index (χ0) is 17.7. The van der Waals surface area contributed by atoms with E-state index in [1.807, 2.05) is 6.92 Å². The smallest absolute Gasteiger partial charge is 0.281 e. The zero-order valence-electron chi connectivity index (χ0n) is 13.2. The average molecular weight is 370 g/mol. The number of rotatable bonds is 7. The highest BCUT2D eigenvalue weighted by Gasteiger charge is 2.13. The Hall–Kier alpha value is -2.19. The van der Waals surface area contributed by atoms with Crippen molar-refractivity contribution < 1.29 is 23.8 Å². The van der Waals surface area contributed by atoms with Crippen LogP contribution in [0.1, 0.15) is 18.4 Å². The van der Waals surface area contributed by atoms with Crippen LogP contribution in [0.4, 0.5) is 0 Å². The molecule has 0 unspecified atom stereocenters. The number of halogens is 1. The van der Waals surface area contributed by atoms with Crippen molar-refractivity contribution in [3.63, 3.8) is 0 Å². The van der Waals surface area contributed by atoms with Crippen LogP contribution in [0.25, 0.3) is 6.08 Å². The normalized spacial score (nSPS) is 11.4. The van der Waals surface area contributed by atoms with Gasteiger partial charge in [0.25, 0.3) is 5.22 Å². The molecule has 2 rings (SSSR count). The molecule has 0 amide bonds. The molecule has 9 heteroatoms. The van der Waals surface area contributed by atoms with Crippen molar-refractivity contribution in [1.82, 2.24) is 10.2 Å². The van der Waals surface area contributed by atoms with Crippen molar-refractivity contribution in [3.8, 4) is 11.5 Å². The first-order chi connectivity index (χ1) is 11.5. The summed E-state index contributed by atoms with van der Waals surface area (Å²) < 4.78 is 15.6. The minimum Gasteiger partial charge on any atom is -0.544 e. The molecule has 0 aliphatic heterocycles. The highest BCUT2D eigenvalue weighted by atomic mass is 35.5. The molecule has 0 fully saturated rings. The van der Waals surface area contributed by atoms with Gasteiger partial charge >= 0.3 is 0 Å². The predicted octanol–water partition coefficient (Wildman–Crippen LogP) is 2.19. The number of hydrogen-bond acceptors (Lipinski definition) is 8. The number of aliphatic carboxylic acids is 1. The SMILES string of the molecule is CCc1nnc(S/C(=C/c2cc(Cl)c(OC)c(OC)c2)C(=O)[O-])o1. The van der Waals surface area contributed by atoms with E-state index in [9.17, 15) is 9.90 Å². The topological polar surface area (TPSA) is 97.5 Å².